The lowest BCUT2D eigenvalue weighted by Crippen LogP contribution is -2.32. The monoisotopic (exact) mass is 789 g/mol. The maximum absolute atomic E-state index is 13.6. The summed E-state index contributed by atoms with van der Waals surface area (Å²) in [7, 11) is -2.37. The number of carbonyl (C=O) groups is 4. The highest BCUT2D eigenvalue weighted by molar-refractivity contribution is 7.90. The summed E-state index contributed by atoms with van der Waals surface area (Å²) >= 11 is 0. The van der Waals surface area contributed by atoms with E-state index in [9.17, 15) is 32.0 Å². The molecule has 0 spiro atoms. The van der Waals surface area contributed by atoms with Crippen molar-refractivity contribution in [2.75, 3.05) is 43.5 Å². The van der Waals surface area contributed by atoms with Gasteiger partial charge >= 0.3 is 12.1 Å². The molecule has 0 aliphatic rings. The molecule has 0 saturated heterocycles. The molecular formula is C38H40FN7O9S. The van der Waals surface area contributed by atoms with Crippen molar-refractivity contribution in [1.82, 2.24) is 19.9 Å². The maximum Gasteiger partial charge on any atom is 0.424 e. The zero-order chi connectivity index (χ0) is 40.2. The molecule has 2 aromatic heterocycles. The Bertz CT molecular complexity index is 2300. The lowest BCUT2D eigenvalue weighted by Gasteiger charge is -2.21. The van der Waals surface area contributed by atoms with Crippen molar-refractivity contribution in [3.63, 3.8) is 0 Å². The van der Waals surface area contributed by atoms with Crippen molar-refractivity contribution in [2.45, 2.75) is 37.0 Å². The van der Waals surface area contributed by atoms with Crippen molar-refractivity contribution >= 4 is 56.7 Å². The Balaban J connectivity index is 1.32. The largest absolute Gasteiger partial charge is 0.495 e. The number of esters is 1. The summed E-state index contributed by atoms with van der Waals surface area (Å²) in [5.74, 6) is -2.06. The van der Waals surface area contributed by atoms with E-state index in [1.807, 2.05) is 0 Å². The fourth-order valence-corrected chi connectivity index (χ4v) is 6.00. The van der Waals surface area contributed by atoms with E-state index < -0.39 is 35.2 Å². The van der Waals surface area contributed by atoms with E-state index in [1.54, 1.807) is 54.7 Å². The lowest BCUT2D eigenvalue weighted by atomic mass is 10.1. The van der Waals surface area contributed by atoms with Gasteiger partial charge in [0.1, 0.15) is 18.1 Å². The average molecular weight is 790 g/mol. The van der Waals surface area contributed by atoms with Crippen LogP contribution in [0.5, 0.6) is 5.75 Å². The number of ether oxygens (including phenoxy) is 3. The Hall–Kier alpha value is -6.40. The second-order valence-electron chi connectivity index (χ2n) is 12.4. The molecule has 3 aromatic carbocycles. The van der Waals surface area contributed by atoms with Crippen LogP contribution in [0.3, 0.4) is 0 Å². The zero-order valence-electron chi connectivity index (χ0n) is 30.6. The predicted octanol–water partition coefficient (Wildman–Crippen LogP) is 4.54. The molecular weight excluding hydrogens is 750 g/mol. The first kappa shape index (κ1) is 40.8. The number of halogens is 1. The van der Waals surface area contributed by atoms with Gasteiger partial charge in [-0.2, -0.15) is 4.98 Å². The van der Waals surface area contributed by atoms with Crippen LogP contribution in [0.2, 0.25) is 0 Å². The van der Waals surface area contributed by atoms with Crippen LogP contribution in [0.1, 0.15) is 31.2 Å². The third-order valence-corrected chi connectivity index (χ3v) is 9.35. The molecule has 0 saturated carbocycles. The Morgan fingerprint density at radius 2 is 1.62 bits per heavy atom. The highest BCUT2D eigenvalue weighted by atomic mass is 32.2. The molecule has 0 fully saturated rings. The Morgan fingerprint density at radius 3 is 2.32 bits per heavy atom. The van der Waals surface area contributed by atoms with Crippen LogP contribution in [0, 0.1) is 5.82 Å². The molecule has 2 heterocycles. The molecule has 0 unspecified atom stereocenters. The molecule has 5 aromatic rings. The van der Waals surface area contributed by atoms with Crippen LogP contribution in [0.4, 0.5) is 26.5 Å². The molecule has 0 atom stereocenters. The summed E-state index contributed by atoms with van der Waals surface area (Å²) in [6.45, 7) is -0.743. The van der Waals surface area contributed by atoms with Crippen molar-refractivity contribution in [1.29, 1.82) is 0 Å². The van der Waals surface area contributed by atoms with Crippen molar-refractivity contribution < 1.29 is 46.2 Å². The SMILES string of the molecule is COc1cc(S(C)(=O)=O)ccc1N(C(=O)OCOC(=O)CNC(=O)CCCCCN)c1nc2ccc(-c3ccc(NC(=O)Cc4ccc(F)cc4)cc3)cn2n1. The van der Waals surface area contributed by atoms with Crippen LogP contribution in [-0.2, 0) is 40.1 Å². The summed E-state index contributed by atoms with van der Waals surface area (Å²) in [6, 6.07) is 20.0. The lowest BCUT2D eigenvalue weighted by molar-refractivity contribution is -0.151. The van der Waals surface area contributed by atoms with Crippen LogP contribution >= 0.6 is 0 Å². The Morgan fingerprint density at radius 1 is 0.893 bits per heavy atom. The second-order valence-corrected chi connectivity index (χ2v) is 14.4. The molecule has 56 heavy (non-hydrogen) atoms. The van der Waals surface area contributed by atoms with Gasteiger partial charge in [-0.05, 0) is 79.0 Å². The smallest absolute Gasteiger partial charge is 0.424 e. The number of nitrogens with one attached hydrogen (secondary N) is 2. The second kappa shape index (κ2) is 18.8. The number of aromatic nitrogens is 3. The minimum atomic E-state index is -3.66. The Kier molecular flexibility index (Phi) is 13.7. The first-order chi connectivity index (χ1) is 26.8. The molecule has 3 amide bonds. The van der Waals surface area contributed by atoms with E-state index in [1.165, 1.54) is 42.0 Å². The molecule has 0 bridgehead atoms. The topological polar surface area (TPSA) is 214 Å². The number of rotatable bonds is 17. The third kappa shape index (κ3) is 11.1. The number of fused-ring (bicyclic) bond motifs is 1. The fraction of sp³-hybridized carbons (Fsp3) is 0.263. The number of amides is 3. The molecule has 5 rings (SSSR count). The van der Waals surface area contributed by atoms with E-state index in [4.69, 9.17) is 19.9 Å². The summed E-state index contributed by atoms with van der Waals surface area (Å²) < 4.78 is 54.9. The molecule has 0 aliphatic carbocycles. The normalized spacial score (nSPS) is 11.1. The molecule has 0 aliphatic heterocycles. The summed E-state index contributed by atoms with van der Waals surface area (Å²) in [6.07, 6.45) is 4.07. The highest BCUT2D eigenvalue weighted by Gasteiger charge is 2.28. The van der Waals surface area contributed by atoms with Gasteiger partial charge in [0.05, 0.1) is 24.1 Å². The number of sulfone groups is 1. The predicted molar refractivity (Wildman–Crippen MR) is 203 cm³/mol. The van der Waals surface area contributed by atoms with Crippen LogP contribution < -0.4 is 26.0 Å². The molecule has 0 radical (unpaired) electrons. The fourth-order valence-electron chi connectivity index (χ4n) is 5.36. The van der Waals surface area contributed by atoms with Gasteiger partial charge in [-0.25, -0.2) is 27.0 Å². The van der Waals surface area contributed by atoms with Gasteiger partial charge < -0.3 is 30.6 Å². The van der Waals surface area contributed by atoms with Crippen LogP contribution in [0.25, 0.3) is 16.8 Å². The van der Waals surface area contributed by atoms with Gasteiger partial charge in [-0.1, -0.05) is 30.7 Å². The standard InChI is InChI=1S/C38H40FN7O9S/c1-53-32-21-30(56(2,51)52)16-17-31(32)46(38(50)55-24-54-36(49)22-41-34(47)6-4-3-5-19-40)37-43-33-18-11-27(23-45(33)44-37)26-9-14-29(15-10-26)42-35(48)20-25-7-12-28(39)13-8-25/h7-18,21,23H,3-6,19-20,22,24,40H2,1-2H3,(H,41,47)(H,42,48). The number of pyridine rings is 1. The number of nitrogens with zero attached hydrogens (tertiary/aromatic N) is 4. The molecule has 18 heteroatoms. The number of unbranched alkanes of at least 4 members (excludes halogenated alkanes) is 2. The summed E-state index contributed by atoms with van der Waals surface area (Å²) in [5, 5.41) is 9.75. The van der Waals surface area contributed by atoms with Crippen molar-refractivity contribution in [3.05, 3.63) is 96.4 Å². The highest BCUT2D eigenvalue weighted by Crippen LogP contribution is 2.35. The van der Waals surface area contributed by atoms with E-state index in [2.05, 4.69) is 20.7 Å². The van der Waals surface area contributed by atoms with Gasteiger partial charge in [-0.3, -0.25) is 14.4 Å². The van der Waals surface area contributed by atoms with Gasteiger partial charge in [0.15, 0.2) is 15.5 Å². The summed E-state index contributed by atoms with van der Waals surface area (Å²) in [4.78, 5) is 55.7. The van der Waals surface area contributed by atoms with E-state index >= 15 is 0 Å². The van der Waals surface area contributed by atoms with Gasteiger partial charge in [0.25, 0.3) is 5.95 Å². The number of anilines is 3. The van der Waals surface area contributed by atoms with Crippen LogP contribution in [-0.4, -0.2) is 80.1 Å². The van der Waals surface area contributed by atoms with Gasteiger partial charge in [0.2, 0.25) is 18.6 Å². The number of nitrogens with two attached hydrogens (primary N) is 1. The summed E-state index contributed by atoms with van der Waals surface area (Å²) in [5.41, 5.74) is 8.49. The minimum absolute atomic E-state index is 0.0197. The van der Waals surface area contributed by atoms with Crippen molar-refractivity contribution in [3.8, 4) is 16.9 Å². The van der Waals surface area contributed by atoms with Gasteiger partial charge in [0, 0.05) is 36.2 Å². The van der Waals surface area contributed by atoms with E-state index in [-0.39, 0.29) is 52.8 Å². The number of hydrogen-bond acceptors (Lipinski definition) is 12. The molecule has 294 valence electrons. The average Bonchev–Trinajstić information content (AvgIpc) is 3.59. The first-order valence-corrected chi connectivity index (χ1v) is 19.2. The number of hydrogen-bond donors (Lipinski definition) is 3. The van der Waals surface area contributed by atoms with E-state index in [0.29, 0.717) is 35.4 Å². The number of carbonyl (C=O) groups excluding carboxylic acids is 4. The van der Waals surface area contributed by atoms with Crippen molar-refractivity contribution in [2.24, 2.45) is 5.73 Å². The third-order valence-electron chi connectivity index (χ3n) is 8.24. The maximum atomic E-state index is 13.6. The van der Waals surface area contributed by atoms with Crippen LogP contribution in [0.15, 0.2) is 90.0 Å². The minimum Gasteiger partial charge on any atom is -0.495 e. The molecule has 16 nitrogen and oxygen atoms in total. The Labute approximate surface area is 321 Å². The number of methoxy groups -OCH3 is 1. The first-order valence-electron chi connectivity index (χ1n) is 17.3. The van der Waals surface area contributed by atoms with Gasteiger partial charge in [-0.15, -0.1) is 5.10 Å². The van der Waals surface area contributed by atoms with E-state index in [0.717, 1.165) is 29.6 Å². The number of benzene rings is 3. The molecule has 4 N–H and O–H groups in total. The quantitative estimate of drug-likeness (QED) is 0.0673. The zero-order valence-corrected chi connectivity index (χ0v) is 31.4.